The van der Waals surface area contributed by atoms with Crippen molar-refractivity contribution in [2.45, 2.75) is 32.7 Å². The molecule has 0 spiro atoms. The van der Waals surface area contributed by atoms with Gasteiger partial charge in [0.1, 0.15) is 0 Å². The lowest BCUT2D eigenvalue weighted by Crippen LogP contribution is -2.25. The molecule has 0 bridgehead atoms. The molecule has 0 radical (unpaired) electrons. The summed E-state index contributed by atoms with van der Waals surface area (Å²) in [4.78, 5) is 0.908. The minimum absolute atomic E-state index is 0.0378. The monoisotopic (exact) mass is 301 g/mol. The molecular formula is C13H19NO3S2. The van der Waals surface area contributed by atoms with E-state index in [4.69, 9.17) is 5.11 Å². The van der Waals surface area contributed by atoms with Gasteiger partial charge in [0.25, 0.3) is 0 Å². The van der Waals surface area contributed by atoms with Gasteiger partial charge in [-0.3, -0.25) is 0 Å². The van der Waals surface area contributed by atoms with Crippen molar-refractivity contribution in [1.82, 2.24) is 4.72 Å². The second-order valence-electron chi connectivity index (χ2n) is 4.03. The highest BCUT2D eigenvalue weighted by molar-refractivity contribution is 7.89. The van der Waals surface area contributed by atoms with Gasteiger partial charge in [0.15, 0.2) is 0 Å². The third-order valence-corrected chi connectivity index (χ3v) is 4.76. The summed E-state index contributed by atoms with van der Waals surface area (Å²) < 4.78 is 26.0. The third kappa shape index (κ3) is 6.21. The molecule has 6 heteroatoms. The number of unbranched alkanes of at least 4 members (excludes halogenated alkanes) is 1. The van der Waals surface area contributed by atoms with Crippen LogP contribution in [0.4, 0.5) is 0 Å². The predicted octanol–water partition coefficient (Wildman–Crippen LogP) is 1.70. The van der Waals surface area contributed by atoms with Crippen LogP contribution in [0.5, 0.6) is 0 Å². The lowest BCUT2D eigenvalue weighted by molar-refractivity contribution is 0.305. The highest BCUT2D eigenvalue weighted by Crippen LogP contribution is 2.16. The van der Waals surface area contributed by atoms with Crippen LogP contribution in [-0.4, -0.2) is 25.9 Å². The molecule has 0 aliphatic heterocycles. The number of hydrogen-bond acceptors (Lipinski definition) is 4. The van der Waals surface area contributed by atoms with E-state index in [0.717, 1.165) is 16.9 Å². The first-order valence-corrected chi connectivity index (χ1v) is 8.75. The number of aliphatic hydroxyl groups excluding tert-OH is 1. The Morgan fingerprint density at radius 2 is 2.26 bits per heavy atom. The van der Waals surface area contributed by atoms with Crippen molar-refractivity contribution in [3.8, 4) is 11.8 Å². The Morgan fingerprint density at radius 3 is 2.95 bits per heavy atom. The maximum Gasteiger partial charge on any atom is 0.211 e. The topological polar surface area (TPSA) is 66.4 Å². The maximum absolute atomic E-state index is 11.7. The van der Waals surface area contributed by atoms with Gasteiger partial charge in [0.05, 0.1) is 12.4 Å². The van der Waals surface area contributed by atoms with Crippen molar-refractivity contribution >= 4 is 21.4 Å². The molecule has 1 rings (SSSR count). The van der Waals surface area contributed by atoms with Crippen molar-refractivity contribution in [3.63, 3.8) is 0 Å². The molecule has 0 amide bonds. The Hall–Kier alpha value is -0.870. The molecular weight excluding hydrogens is 282 g/mol. The molecule has 1 heterocycles. The largest absolute Gasteiger partial charge is 0.395 e. The summed E-state index contributed by atoms with van der Waals surface area (Å²) in [5, 5.41) is 10.6. The zero-order valence-electron chi connectivity index (χ0n) is 11.0. The average Bonchev–Trinajstić information content (AvgIpc) is 2.82. The van der Waals surface area contributed by atoms with Crippen molar-refractivity contribution in [2.75, 3.05) is 12.4 Å². The molecule has 0 atom stereocenters. The molecule has 0 saturated heterocycles. The Kier molecular flexibility index (Phi) is 7.10. The van der Waals surface area contributed by atoms with E-state index in [0.29, 0.717) is 12.8 Å². The second kappa shape index (κ2) is 8.33. The van der Waals surface area contributed by atoms with Crippen molar-refractivity contribution in [3.05, 3.63) is 21.9 Å². The van der Waals surface area contributed by atoms with Gasteiger partial charge in [-0.1, -0.05) is 25.2 Å². The zero-order chi connectivity index (χ0) is 14.1. The van der Waals surface area contributed by atoms with E-state index < -0.39 is 10.0 Å². The minimum atomic E-state index is -3.19. The number of sulfonamides is 1. The lowest BCUT2D eigenvalue weighted by Gasteiger charge is -2.05. The molecule has 4 nitrogen and oxygen atoms in total. The first-order chi connectivity index (χ1) is 9.09. The number of aliphatic hydroxyl groups is 1. The maximum atomic E-state index is 11.7. The van der Waals surface area contributed by atoms with Crippen LogP contribution in [0.2, 0.25) is 0 Å². The highest BCUT2D eigenvalue weighted by Gasteiger charge is 2.10. The summed E-state index contributed by atoms with van der Waals surface area (Å²) in [6, 6.07) is 1.87. The summed E-state index contributed by atoms with van der Waals surface area (Å²) in [6.07, 6.45) is 1.96. The Balaban J connectivity index is 2.59. The number of thiophene rings is 1. The standard InChI is InChI=1S/C13H19NO3S2/c1-2-3-10-19(16,17)14-11-13-12(7-9-18-13)6-4-5-8-15/h7,9,14-15H,2-3,5,8,10-11H2,1H3. The van der Waals surface area contributed by atoms with Crippen LogP contribution in [0.15, 0.2) is 11.4 Å². The molecule has 0 unspecified atom stereocenters. The zero-order valence-corrected chi connectivity index (χ0v) is 12.6. The van der Waals surface area contributed by atoms with E-state index in [-0.39, 0.29) is 18.9 Å². The quantitative estimate of drug-likeness (QED) is 0.753. The number of nitrogens with one attached hydrogen (secondary N) is 1. The molecule has 2 N–H and O–H groups in total. The Morgan fingerprint density at radius 1 is 1.47 bits per heavy atom. The summed E-state index contributed by atoms with van der Waals surface area (Å²) in [5.74, 6) is 5.95. The van der Waals surface area contributed by atoms with Gasteiger partial charge in [-0.2, -0.15) is 0 Å². The predicted molar refractivity (Wildman–Crippen MR) is 78.4 cm³/mol. The van der Waals surface area contributed by atoms with E-state index in [1.807, 2.05) is 18.4 Å². The van der Waals surface area contributed by atoms with Crippen LogP contribution in [0, 0.1) is 11.8 Å². The molecule has 0 aliphatic rings. The molecule has 0 saturated carbocycles. The fourth-order valence-corrected chi connectivity index (χ4v) is 3.42. The summed E-state index contributed by atoms with van der Waals surface area (Å²) >= 11 is 1.48. The van der Waals surface area contributed by atoms with Crippen LogP contribution in [0.25, 0.3) is 0 Å². The molecule has 1 aromatic rings. The lowest BCUT2D eigenvalue weighted by atomic mass is 10.2. The van der Waals surface area contributed by atoms with E-state index in [9.17, 15) is 8.42 Å². The summed E-state index contributed by atoms with van der Waals surface area (Å²) in [5.41, 5.74) is 0.830. The summed E-state index contributed by atoms with van der Waals surface area (Å²) in [7, 11) is -3.19. The molecule has 0 aromatic carbocycles. The van der Waals surface area contributed by atoms with Gasteiger partial charge in [-0.25, -0.2) is 13.1 Å². The smallest absolute Gasteiger partial charge is 0.211 e. The molecule has 0 aliphatic carbocycles. The van der Waals surface area contributed by atoms with Crippen molar-refractivity contribution in [1.29, 1.82) is 0 Å². The third-order valence-electron chi connectivity index (χ3n) is 2.42. The van der Waals surface area contributed by atoms with Gasteiger partial charge in [-0.15, -0.1) is 11.3 Å². The van der Waals surface area contributed by atoms with Crippen molar-refractivity contribution in [2.24, 2.45) is 0 Å². The fraction of sp³-hybridized carbons (Fsp3) is 0.538. The Labute approximate surface area is 118 Å². The van der Waals surface area contributed by atoms with E-state index in [1.54, 1.807) is 0 Å². The first kappa shape index (κ1) is 16.2. The van der Waals surface area contributed by atoms with Crippen molar-refractivity contribution < 1.29 is 13.5 Å². The van der Waals surface area contributed by atoms with E-state index >= 15 is 0 Å². The highest BCUT2D eigenvalue weighted by atomic mass is 32.2. The van der Waals surface area contributed by atoms with E-state index in [1.165, 1.54) is 11.3 Å². The van der Waals surface area contributed by atoms with Gasteiger partial charge in [0, 0.05) is 23.4 Å². The first-order valence-electron chi connectivity index (χ1n) is 6.22. The average molecular weight is 301 g/mol. The molecule has 1 aromatic heterocycles. The van der Waals surface area contributed by atoms with Crippen LogP contribution in [0.3, 0.4) is 0 Å². The second-order valence-corrected chi connectivity index (χ2v) is 6.95. The SMILES string of the molecule is CCCCS(=O)(=O)NCc1sccc1C#CCCO. The van der Waals surface area contributed by atoms with Gasteiger partial charge in [-0.05, 0) is 17.9 Å². The normalized spacial score (nSPS) is 11.1. The number of rotatable bonds is 7. The van der Waals surface area contributed by atoms with Gasteiger partial charge in [0.2, 0.25) is 10.0 Å². The van der Waals surface area contributed by atoms with Crippen LogP contribution >= 0.6 is 11.3 Å². The molecule has 19 heavy (non-hydrogen) atoms. The van der Waals surface area contributed by atoms with Gasteiger partial charge >= 0.3 is 0 Å². The van der Waals surface area contributed by atoms with Crippen LogP contribution in [0.1, 0.15) is 36.6 Å². The minimum Gasteiger partial charge on any atom is -0.395 e. The molecule has 0 fully saturated rings. The molecule has 106 valence electrons. The van der Waals surface area contributed by atoms with E-state index in [2.05, 4.69) is 16.6 Å². The van der Waals surface area contributed by atoms with Gasteiger partial charge < -0.3 is 5.11 Å². The Bertz CT molecular complexity index is 538. The van der Waals surface area contributed by atoms with Crippen LogP contribution < -0.4 is 4.72 Å². The summed E-state index contributed by atoms with van der Waals surface area (Å²) in [6.45, 7) is 2.28. The fourth-order valence-electron chi connectivity index (χ4n) is 1.38. The number of hydrogen-bond donors (Lipinski definition) is 2. The van der Waals surface area contributed by atoms with Crippen LogP contribution in [-0.2, 0) is 16.6 Å².